The minimum atomic E-state index is 0.0202. The highest BCUT2D eigenvalue weighted by atomic mass is 16.5. The second kappa shape index (κ2) is 11.0. The third-order valence-corrected chi connectivity index (χ3v) is 4.60. The Morgan fingerprint density at radius 3 is 2.45 bits per heavy atom. The molecule has 1 aliphatic carbocycles. The minimum Gasteiger partial charge on any atom is -0.494 e. The summed E-state index contributed by atoms with van der Waals surface area (Å²) in [7, 11) is 0. The molecule has 0 amide bonds. The lowest BCUT2D eigenvalue weighted by Gasteiger charge is -2.08. The zero-order chi connectivity index (χ0) is 20.3. The zero-order valence-corrected chi connectivity index (χ0v) is 16.5. The molecule has 0 saturated heterocycles. The molecule has 0 aliphatic heterocycles. The van der Waals surface area contributed by atoms with Gasteiger partial charge in [0.1, 0.15) is 5.75 Å². The van der Waals surface area contributed by atoms with E-state index in [0.29, 0.717) is 6.61 Å². The first-order valence-corrected chi connectivity index (χ1v) is 9.94. The monoisotopic (exact) mass is 386 g/mol. The number of ketones is 1. The van der Waals surface area contributed by atoms with Crippen LogP contribution in [0.25, 0.3) is 12.2 Å². The van der Waals surface area contributed by atoms with E-state index in [9.17, 15) is 4.79 Å². The van der Waals surface area contributed by atoms with E-state index >= 15 is 0 Å². The molecule has 3 rings (SSSR count). The van der Waals surface area contributed by atoms with Crippen LogP contribution in [0.1, 0.15) is 30.4 Å². The maximum atomic E-state index is 12.3. The van der Waals surface area contributed by atoms with E-state index in [0.717, 1.165) is 47.3 Å². The molecule has 29 heavy (non-hydrogen) atoms. The molecule has 0 aromatic heterocycles. The van der Waals surface area contributed by atoms with Crippen molar-refractivity contribution < 1.29 is 14.6 Å². The predicted molar refractivity (Wildman–Crippen MR) is 119 cm³/mol. The molecule has 3 heteroatoms. The van der Waals surface area contributed by atoms with E-state index in [-0.39, 0.29) is 12.4 Å². The summed E-state index contributed by atoms with van der Waals surface area (Å²) in [4.78, 5) is 12.3. The molecule has 0 unspecified atom stereocenters. The molecule has 2 aromatic carbocycles. The normalized spacial score (nSPS) is 14.9. The fourth-order valence-electron chi connectivity index (χ4n) is 2.96. The number of carbonyl (C=O) groups excluding carboxylic acids is 1. The summed E-state index contributed by atoms with van der Waals surface area (Å²) in [6.45, 7) is 0.818. The highest BCUT2D eigenvalue weighted by Crippen LogP contribution is 2.21. The van der Waals surface area contributed by atoms with Crippen molar-refractivity contribution in [1.29, 1.82) is 0 Å². The maximum absolute atomic E-state index is 12.3. The van der Waals surface area contributed by atoms with E-state index in [1.807, 2.05) is 78.9 Å². The van der Waals surface area contributed by atoms with Gasteiger partial charge in [-0.15, -0.1) is 0 Å². The molecule has 0 atom stereocenters. The number of aliphatic hydroxyl groups is 1. The third kappa shape index (κ3) is 6.74. The van der Waals surface area contributed by atoms with Crippen molar-refractivity contribution in [3.8, 4) is 5.75 Å². The van der Waals surface area contributed by atoms with Crippen LogP contribution in [-0.4, -0.2) is 24.1 Å². The van der Waals surface area contributed by atoms with Crippen LogP contribution in [0.4, 0.5) is 0 Å². The van der Waals surface area contributed by atoms with Gasteiger partial charge in [-0.3, -0.25) is 4.79 Å². The lowest BCUT2D eigenvalue weighted by Crippen LogP contribution is -1.99. The summed E-state index contributed by atoms with van der Waals surface area (Å²) in [5, 5.41) is 8.78. The van der Waals surface area contributed by atoms with Crippen LogP contribution in [-0.2, 0) is 4.79 Å². The van der Waals surface area contributed by atoms with Crippen molar-refractivity contribution in [2.24, 2.45) is 0 Å². The Hall–Kier alpha value is -3.17. The van der Waals surface area contributed by atoms with Gasteiger partial charge in [0.2, 0.25) is 0 Å². The first kappa shape index (κ1) is 20.6. The summed E-state index contributed by atoms with van der Waals surface area (Å²) < 4.78 is 5.65. The van der Waals surface area contributed by atoms with E-state index in [1.54, 1.807) is 6.08 Å². The zero-order valence-electron chi connectivity index (χ0n) is 16.5. The van der Waals surface area contributed by atoms with Gasteiger partial charge < -0.3 is 9.84 Å². The molecule has 0 spiro atoms. The number of hydrogen-bond acceptors (Lipinski definition) is 3. The summed E-state index contributed by atoms with van der Waals surface area (Å²) in [5.41, 5.74) is 3.99. The molecular formula is C26H26O3. The fourth-order valence-corrected chi connectivity index (χ4v) is 2.96. The fraction of sp³-hybridized carbons (Fsp3) is 0.192. The minimum absolute atomic E-state index is 0.0202. The Kier molecular flexibility index (Phi) is 7.79. The van der Waals surface area contributed by atoms with Crippen LogP contribution in [0.15, 0.2) is 90.0 Å². The summed E-state index contributed by atoms with van der Waals surface area (Å²) in [6, 6.07) is 17.8. The number of rotatable bonds is 9. The van der Waals surface area contributed by atoms with Gasteiger partial charge in [-0.05, 0) is 54.2 Å². The molecule has 3 nitrogen and oxygen atoms in total. The molecule has 0 saturated carbocycles. The number of aliphatic hydroxyl groups excluding tert-OH is 1. The third-order valence-electron chi connectivity index (χ3n) is 4.60. The largest absolute Gasteiger partial charge is 0.494 e. The summed E-state index contributed by atoms with van der Waals surface area (Å²) in [6.07, 6.45) is 13.8. The van der Waals surface area contributed by atoms with E-state index in [1.165, 1.54) is 0 Å². The topological polar surface area (TPSA) is 46.5 Å². The highest BCUT2D eigenvalue weighted by Gasteiger charge is 2.07. The quantitative estimate of drug-likeness (QED) is 0.464. The number of ether oxygens (including phenoxy) is 1. The number of hydrogen-bond donors (Lipinski definition) is 1. The van der Waals surface area contributed by atoms with Gasteiger partial charge in [0.15, 0.2) is 5.78 Å². The van der Waals surface area contributed by atoms with Gasteiger partial charge in [-0.25, -0.2) is 0 Å². The van der Waals surface area contributed by atoms with Crippen molar-refractivity contribution in [3.63, 3.8) is 0 Å². The predicted octanol–water partition coefficient (Wildman–Crippen LogP) is 5.39. The van der Waals surface area contributed by atoms with Crippen molar-refractivity contribution >= 4 is 17.9 Å². The van der Waals surface area contributed by atoms with Crippen molar-refractivity contribution in [2.75, 3.05) is 13.2 Å². The number of benzene rings is 2. The van der Waals surface area contributed by atoms with E-state index < -0.39 is 0 Å². The summed E-state index contributed by atoms with van der Waals surface area (Å²) >= 11 is 0. The van der Waals surface area contributed by atoms with Crippen molar-refractivity contribution in [1.82, 2.24) is 0 Å². The molecule has 0 heterocycles. The first-order valence-electron chi connectivity index (χ1n) is 9.94. The Balaban J connectivity index is 1.53. The van der Waals surface area contributed by atoms with Crippen LogP contribution in [0.3, 0.4) is 0 Å². The van der Waals surface area contributed by atoms with Crippen LogP contribution in [0.2, 0.25) is 0 Å². The number of carbonyl (C=O) groups is 1. The van der Waals surface area contributed by atoms with Crippen LogP contribution >= 0.6 is 0 Å². The molecule has 0 fully saturated rings. The van der Waals surface area contributed by atoms with Gasteiger partial charge in [-0.1, -0.05) is 72.8 Å². The maximum Gasteiger partial charge on any atom is 0.185 e. The Bertz CT molecular complexity index is 916. The van der Waals surface area contributed by atoms with Gasteiger partial charge in [0, 0.05) is 12.2 Å². The molecule has 148 valence electrons. The van der Waals surface area contributed by atoms with Gasteiger partial charge in [0.05, 0.1) is 6.61 Å². The average molecular weight is 386 g/mol. The van der Waals surface area contributed by atoms with Gasteiger partial charge >= 0.3 is 0 Å². The molecular weight excluding hydrogens is 360 g/mol. The van der Waals surface area contributed by atoms with Crippen LogP contribution < -0.4 is 4.74 Å². The molecule has 0 radical (unpaired) electrons. The van der Waals surface area contributed by atoms with E-state index in [2.05, 4.69) is 6.08 Å². The van der Waals surface area contributed by atoms with Gasteiger partial charge in [0.25, 0.3) is 0 Å². The lowest BCUT2D eigenvalue weighted by atomic mass is 9.97. The second-order valence-electron chi connectivity index (χ2n) is 6.87. The SMILES string of the molecule is O=C(C=Cc1ccccc1)C1=CCC(=Cc2ccc(OCCCCO)cc2)C=C1. The lowest BCUT2D eigenvalue weighted by molar-refractivity contribution is -0.111. The molecule has 1 aliphatic rings. The highest BCUT2D eigenvalue weighted by molar-refractivity contribution is 6.08. The number of unbranched alkanes of at least 4 members (excludes halogenated alkanes) is 1. The Morgan fingerprint density at radius 2 is 1.76 bits per heavy atom. The van der Waals surface area contributed by atoms with Crippen LogP contribution in [0.5, 0.6) is 5.75 Å². The molecule has 1 N–H and O–H groups in total. The first-order chi connectivity index (χ1) is 14.2. The molecule has 0 bridgehead atoms. The standard InChI is InChI=1S/C26H26O3/c27-18-4-5-19-29-25-15-10-23(11-16-25)20-22-8-13-24(14-9-22)26(28)17-12-21-6-2-1-3-7-21/h1-3,6-8,10-17,20,27H,4-5,9,18-19H2. The molecule has 2 aromatic rings. The van der Waals surface area contributed by atoms with Crippen molar-refractivity contribution in [3.05, 3.63) is 101 Å². The van der Waals surface area contributed by atoms with Crippen LogP contribution in [0, 0.1) is 0 Å². The smallest absolute Gasteiger partial charge is 0.185 e. The second-order valence-corrected chi connectivity index (χ2v) is 6.87. The van der Waals surface area contributed by atoms with Gasteiger partial charge in [-0.2, -0.15) is 0 Å². The van der Waals surface area contributed by atoms with Crippen molar-refractivity contribution in [2.45, 2.75) is 19.3 Å². The number of allylic oxidation sites excluding steroid dienone is 6. The summed E-state index contributed by atoms with van der Waals surface area (Å²) in [5.74, 6) is 0.856. The Labute approximate surface area is 172 Å². The Morgan fingerprint density at radius 1 is 0.966 bits per heavy atom. The van der Waals surface area contributed by atoms with E-state index in [4.69, 9.17) is 9.84 Å². The average Bonchev–Trinajstić information content (AvgIpc) is 2.77.